The summed E-state index contributed by atoms with van der Waals surface area (Å²) in [6.45, 7) is 0. The number of benzene rings is 5. The number of aromatic nitrogens is 1. The Morgan fingerprint density at radius 3 is 1.32 bits per heavy atom. The van der Waals surface area contributed by atoms with Crippen LogP contribution in [0.4, 0.5) is 0 Å². The molecule has 0 saturated heterocycles. The van der Waals surface area contributed by atoms with Crippen LogP contribution in [0.2, 0.25) is 10.0 Å². The molecule has 7 heteroatoms. The van der Waals surface area contributed by atoms with Gasteiger partial charge < -0.3 is 4.57 Å². The van der Waals surface area contributed by atoms with Crippen LogP contribution in [0.3, 0.4) is 0 Å². The van der Waals surface area contributed by atoms with E-state index in [9.17, 15) is 8.42 Å². The van der Waals surface area contributed by atoms with Gasteiger partial charge in [-0.05, 0) is 97.1 Å². The van der Waals surface area contributed by atoms with E-state index in [-0.39, 0.29) is 0 Å². The number of hydrogen-bond acceptors (Lipinski definition) is 2. The van der Waals surface area contributed by atoms with Crippen molar-refractivity contribution in [1.29, 1.82) is 0 Å². The van der Waals surface area contributed by atoms with Gasteiger partial charge >= 0.3 is 0 Å². The number of fused-ring (bicyclic) bond motifs is 3. The maximum atomic E-state index is 13.4. The number of hydrogen-bond donors (Lipinski definition) is 0. The summed E-state index contributed by atoms with van der Waals surface area (Å²) >= 11 is 12.1. The van der Waals surface area contributed by atoms with Gasteiger partial charge in [0.15, 0.2) is 0 Å². The largest absolute Gasteiger partial charge is 0.309 e. The Hall–Kier alpha value is -3.22. The molecule has 1 aromatic heterocycles. The van der Waals surface area contributed by atoms with Crippen LogP contribution in [-0.4, -0.2) is 13.0 Å². The summed E-state index contributed by atoms with van der Waals surface area (Å²) in [4.78, 5) is 2.73. The maximum Gasteiger partial charge on any atom is 0.0849 e. The van der Waals surface area contributed by atoms with E-state index in [0.717, 1.165) is 27.5 Å². The quantitative estimate of drug-likeness (QED) is 0.212. The summed E-state index contributed by atoms with van der Waals surface area (Å²) in [7, 11) is -2.75. The average Bonchev–Trinajstić information content (AvgIpc) is 3.26. The van der Waals surface area contributed by atoms with Crippen molar-refractivity contribution in [2.45, 2.75) is 19.6 Å². The highest BCUT2D eigenvalue weighted by Gasteiger charge is 2.17. The van der Waals surface area contributed by atoms with Gasteiger partial charge in [-0.1, -0.05) is 41.4 Å². The van der Waals surface area contributed by atoms with Crippen molar-refractivity contribution in [3.05, 3.63) is 125 Å². The molecule has 3 nitrogen and oxygen atoms in total. The molecule has 0 radical (unpaired) electrons. The van der Waals surface area contributed by atoms with E-state index in [1.807, 2.05) is 54.6 Å². The Kier molecular flexibility index (Phi) is 6.47. The lowest BCUT2D eigenvalue weighted by Crippen LogP contribution is -1.95. The molecule has 0 aliphatic carbocycles. The van der Waals surface area contributed by atoms with E-state index in [4.69, 9.17) is 23.2 Å². The lowest BCUT2D eigenvalue weighted by atomic mass is 10.1. The van der Waals surface area contributed by atoms with Gasteiger partial charge in [-0.2, -0.15) is 0 Å². The van der Waals surface area contributed by atoms with Crippen molar-refractivity contribution in [3.8, 4) is 5.69 Å². The molecule has 6 rings (SSSR count). The average molecular weight is 561 g/mol. The predicted molar refractivity (Wildman–Crippen MR) is 153 cm³/mol. The molecule has 1 heterocycles. The first kappa shape index (κ1) is 24.1. The summed E-state index contributed by atoms with van der Waals surface area (Å²) in [5.74, 6) is 0. The zero-order chi connectivity index (χ0) is 25.5. The number of halogens is 2. The third-order valence-corrected chi connectivity index (χ3v) is 9.47. The minimum Gasteiger partial charge on any atom is -0.309 e. The number of nitrogens with zero attached hydrogens (tertiary/aromatic N) is 1. The Morgan fingerprint density at radius 2 is 0.892 bits per heavy atom. The second-order valence-corrected chi connectivity index (χ2v) is 12.3. The molecule has 2 unspecified atom stereocenters. The summed E-state index contributed by atoms with van der Waals surface area (Å²) in [6, 6.07) is 35.9. The second-order valence-electron chi connectivity index (χ2n) is 8.47. The normalized spacial score (nSPS) is 13.1. The SMILES string of the molecule is O=S(c1ccc(Cl)cc1)c1ccc2c(c1)c1cc(S(=O)c3ccc(Cl)cc3)ccc1n2-c1ccccc1. The molecule has 182 valence electrons. The first-order chi connectivity index (χ1) is 18.0. The van der Waals surface area contributed by atoms with E-state index in [2.05, 4.69) is 16.7 Å². The van der Waals surface area contributed by atoms with E-state index in [1.54, 1.807) is 48.5 Å². The molecular formula is C30H19Cl2NO2S2. The fourth-order valence-electron chi connectivity index (χ4n) is 4.46. The molecule has 6 aromatic rings. The van der Waals surface area contributed by atoms with E-state index >= 15 is 0 Å². The van der Waals surface area contributed by atoms with Crippen molar-refractivity contribution in [3.63, 3.8) is 0 Å². The third kappa shape index (κ3) is 4.53. The summed E-state index contributed by atoms with van der Waals surface area (Å²) in [5, 5.41) is 3.08. The van der Waals surface area contributed by atoms with Crippen LogP contribution in [0, 0.1) is 0 Å². The smallest absolute Gasteiger partial charge is 0.0849 e. The Bertz CT molecular complexity index is 1700. The fourth-order valence-corrected chi connectivity index (χ4v) is 6.85. The fraction of sp³-hybridized carbons (Fsp3) is 0. The maximum absolute atomic E-state index is 13.4. The highest BCUT2D eigenvalue weighted by molar-refractivity contribution is 7.85. The number of rotatable bonds is 5. The predicted octanol–water partition coefficient (Wildman–Crippen LogP) is 8.42. The van der Waals surface area contributed by atoms with Gasteiger partial charge in [0, 0.05) is 46.1 Å². The molecule has 2 atom stereocenters. The molecule has 0 spiro atoms. The topological polar surface area (TPSA) is 39.1 Å². The molecule has 0 aliphatic heterocycles. The molecule has 5 aromatic carbocycles. The highest BCUT2D eigenvalue weighted by Crippen LogP contribution is 2.35. The zero-order valence-electron chi connectivity index (χ0n) is 19.3. The van der Waals surface area contributed by atoms with E-state index in [0.29, 0.717) is 29.6 Å². The lowest BCUT2D eigenvalue weighted by Gasteiger charge is -2.08. The van der Waals surface area contributed by atoms with Gasteiger partial charge in [0.05, 0.1) is 32.6 Å². The van der Waals surface area contributed by atoms with Gasteiger partial charge in [-0.3, -0.25) is 0 Å². The lowest BCUT2D eigenvalue weighted by molar-refractivity contribution is 0.682. The van der Waals surface area contributed by atoms with Crippen LogP contribution in [0.5, 0.6) is 0 Å². The Morgan fingerprint density at radius 1 is 0.486 bits per heavy atom. The minimum atomic E-state index is -1.38. The van der Waals surface area contributed by atoms with Crippen molar-refractivity contribution >= 4 is 66.6 Å². The Labute approximate surface area is 229 Å². The molecule has 0 aliphatic rings. The van der Waals surface area contributed by atoms with Crippen LogP contribution in [0.25, 0.3) is 27.5 Å². The standard InChI is InChI=1S/C30H19Cl2NO2S2/c31-20-6-10-23(11-7-20)36(34)25-14-16-29-27(18-25)28-19-26(37(35)24-12-8-21(32)9-13-24)15-17-30(28)33(29)22-4-2-1-3-5-22/h1-19H. The van der Waals surface area contributed by atoms with Crippen molar-refractivity contribution < 1.29 is 8.42 Å². The van der Waals surface area contributed by atoms with Crippen LogP contribution in [-0.2, 0) is 21.6 Å². The van der Waals surface area contributed by atoms with Crippen LogP contribution in [0.15, 0.2) is 135 Å². The molecule has 0 fully saturated rings. The molecule has 37 heavy (non-hydrogen) atoms. The van der Waals surface area contributed by atoms with E-state index < -0.39 is 21.6 Å². The summed E-state index contributed by atoms with van der Waals surface area (Å²) in [6.07, 6.45) is 0. The summed E-state index contributed by atoms with van der Waals surface area (Å²) < 4.78 is 29.0. The molecule has 0 N–H and O–H groups in total. The van der Waals surface area contributed by atoms with Crippen LogP contribution >= 0.6 is 23.2 Å². The van der Waals surface area contributed by atoms with Crippen molar-refractivity contribution in [2.24, 2.45) is 0 Å². The monoisotopic (exact) mass is 559 g/mol. The zero-order valence-corrected chi connectivity index (χ0v) is 22.5. The van der Waals surface area contributed by atoms with Crippen molar-refractivity contribution in [1.82, 2.24) is 4.57 Å². The molecule has 0 amide bonds. The van der Waals surface area contributed by atoms with E-state index in [1.165, 1.54) is 0 Å². The van der Waals surface area contributed by atoms with Gasteiger partial charge in [0.2, 0.25) is 0 Å². The number of para-hydroxylation sites is 1. The van der Waals surface area contributed by atoms with Gasteiger partial charge in [-0.15, -0.1) is 0 Å². The second kappa shape index (κ2) is 9.92. The van der Waals surface area contributed by atoms with Crippen molar-refractivity contribution in [2.75, 3.05) is 0 Å². The van der Waals surface area contributed by atoms with Gasteiger partial charge in [-0.25, -0.2) is 8.42 Å². The van der Waals surface area contributed by atoms with Gasteiger partial charge in [0.1, 0.15) is 0 Å². The first-order valence-corrected chi connectivity index (χ1v) is 14.5. The highest BCUT2D eigenvalue weighted by atomic mass is 35.5. The van der Waals surface area contributed by atoms with Crippen LogP contribution in [0.1, 0.15) is 0 Å². The summed E-state index contributed by atoms with van der Waals surface area (Å²) in [5.41, 5.74) is 2.97. The third-order valence-electron chi connectivity index (χ3n) is 6.21. The Balaban J connectivity index is 1.56. The molecule has 0 saturated carbocycles. The van der Waals surface area contributed by atoms with Crippen LogP contribution < -0.4 is 0 Å². The minimum absolute atomic E-state index is 0.600. The molecular weight excluding hydrogens is 541 g/mol. The first-order valence-electron chi connectivity index (χ1n) is 11.5. The molecule has 0 bridgehead atoms. The van der Waals surface area contributed by atoms with Gasteiger partial charge in [0.25, 0.3) is 0 Å².